The molecule has 0 aliphatic carbocycles. The quantitative estimate of drug-likeness (QED) is 0.786. The summed E-state index contributed by atoms with van der Waals surface area (Å²) < 4.78 is 7.18. The van der Waals surface area contributed by atoms with E-state index >= 15 is 0 Å². The third-order valence-electron chi connectivity index (χ3n) is 4.90. The average molecular weight is 341 g/mol. The third-order valence-corrected chi connectivity index (χ3v) is 4.90. The lowest BCUT2D eigenvalue weighted by molar-refractivity contribution is 0.129. The fourth-order valence-corrected chi connectivity index (χ4v) is 3.69. The molecule has 0 bridgehead atoms. The standard InChI is InChI=1S/C18H23N5O2/c1-13-10-17(23-18(21-13)19-12-20-23)22-8-4-2-3-6-14(22)11-15(24)16-7-5-9-25-16/h5,7,9-10,12,14-15,24H,2-4,6,8,11H2,1H3/t14-,15+/m1/s1. The maximum Gasteiger partial charge on any atom is 0.254 e. The summed E-state index contributed by atoms with van der Waals surface area (Å²) in [5.41, 5.74) is 0.921. The molecule has 7 heteroatoms. The van der Waals surface area contributed by atoms with Gasteiger partial charge in [0.1, 0.15) is 24.0 Å². The van der Waals surface area contributed by atoms with Gasteiger partial charge in [0.15, 0.2) is 0 Å². The topological polar surface area (TPSA) is 79.7 Å². The van der Waals surface area contributed by atoms with E-state index in [1.165, 1.54) is 12.7 Å². The van der Waals surface area contributed by atoms with Crippen LogP contribution >= 0.6 is 0 Å². The Balaban J connectivity index is 1.67. The Labute approximate surface area is 146 Å². The molecule has 0 radical (unpaired) electrons. The average Bonchev–Trinajstić information content (AvgIpc) is 3.23. The van der Waals surface area contributed by atoms with Gasteiger partial charge in [-0.3, -0.25) is 0 Å². The number of rotatable bonds is 4. The van der Waals surface area contributed by atoms with Crippen molar-refractivity contribution >= 4 is 11.6 Å². The van der Waals surface area contributed by atoms with Crippen molar-refractivity contribution in [3.8, 4) is 0 Å². The number of aromatic nitrogens is 4. The second-order valence-electron chi connectivity index (χ2n) is 6.69. The van der Waals surface area contributed by atoms with Gasteiger partial charge in [0.25, 0.3) is 5.78 Å². The number of aliphatic hydroxyl groups excluding tert-OH is 1. The molecule has 3 aromatic heterocycles. The molecule has 0 amide bonds. The maximum atomic E-state index is 10.6. The zero-order valence-corrected chi connectivity index (χ0v) is 14.4. The lowest BCUT2D eigenvalue weighted by atomic mass is 10.0. The van der Waals surface area contributed by atoms with Crippen LogP contribution in [0.15, 0.2) is 35.2 Å². The number of fused-ring (bicyclic) bond motifs is 1. The molecule has 1 fully saturated rings. The van der Waals surface area contributed by atoms with Gasteiger partial charge in [-0.2, -0.15) is 14.6 Å². The highest BCUT2D eigenvalue weighted by molar-refractivity contribution is 5.48. The van der Waals surface area contributed by atoms with E-state index in [-0.39, 0.29) is 6.04 Å². The van der Waals surface area contributed by atoms with E-state index in [0.717, 1.165) is 37.3 Å². The van der Waals surface area contributed by atoms with Crippen LogP contribution in [0.2, 0.25) is 0 Å². The monoisotopic (exact) mass is 341 g/mol. The fourth-order valence-electron chi connectivity index (χ4n) is 3.69. The summed E-state index contributed by atoms with van der Waals surface area (Å²) in [4.78, 5) is 11.0. The summed E-state index contributed by atoms with van der Waals surface area (Å²) in [6.07, 6.45) is 7.70. The van der Waals surface area contributed by atoms with Crippen molar-refractivity contribution in [3.63, 3.8) is 0 Å². The summed E-state index contributed by atoms with van der Waals surface area (Å²) in [6, 6.07) is 5.92. The molecule has 3 aromatic rings. The third kappa shape index (κ3) is 3.24. The van der Waals surface area contributed by atoms with Crippen LogP contribution in [-0.4, -0.2) is 37.3 Å². The molecule has 0 unspecified atom stereocenters. The van der Waals surface area contributed by atoms with Crippen LogP contribution < -0.4 is 4.90 Å². The van der Waals surface area contributed by atoms with E-state index in [1.54, 1.807) is 10.8 Å². The lowest BCUT2D eigenvalue weighted by Gasteiger charge is -2.33. The van der Waals surface area contributed by atoms with E-state index in [0.29, 0.717) is 18.0 Å². The highest BCUT2D eigenvalue weighted by Gasteiger charge is 2.27. The Morgan fingerprint density at radius 2 is 2.28 bits per heavy atom. The first-order chi connectivity index (χ1) is 12.2. The molecular formula is C18H23N5O2. The van der Waals surface area contributed by atoms with Crippen LogP contribution in [0.1, 0.15) is 49.7 Å². The number of nitrogens with zero attached hydrogens (tertiary/aromatic N) is 5. The molecule has 7 nitrogen and oxygen atoms in total. The van der Waals surface area contributed by atoms with E-state index in [4.69, 9.17) is 4.42 Å². The molecule has 2 atom stereocenters. The maximum absolute atomic E-state index is 10.6. The summed E-state index contributed by atoms with van der Waals surface area (Å²) >= 11 is 0. The van der Waals surface area contributed by atoms with Gasteiger partial charge in [-0.1, -0.05) is 12.8 Å². The molecule has 25 heavy (non-hydrogen) atoms. The van der Waals surface area contributed by atoms with Crippen molar-refractivity contribution in [1.82, 2.24) is 19.6 Å². The first kappa shape index (κ1) is 16.1. The van der Waals surface area contributed by atoms with Gasteiger partial charge in [-0.15, -0.1) is 0 Å². The molecule has 0 spiro atoms. The Bertz CT molecular complexity index is 829. The van der Waals surface area contributed by atoms with Crippen molar-refractivity contribution in [3.05, 3.63) is 42.2 Å². The Kier molecular flexibility index (Phi) is 4.40. The molecule has 1 saturated heterocycles. The summed E-state index contributed by atoms with van der Waals surface area (Å²) in [6.45, 7) is 2.91. The SMILES string of the molecule is Cc1cc(N2CCCCC[C@@H]2C[C@H](O)c2ccco2)n2ncnc2n1. The van der Waals surface area contributed by atoms with Gasteiger partial charge in [0.2, 0.25) is 0 Å². The van der Waals surface area contributed by atoms with Crippen molar-refractivity contribution < 1.29 is 9.52 Å². The second-order valence-corrected chi connectivity index (χ2v) is 6.69. The predicted molar refractivity (Wildman–Crippen MR) is 93.4 cm³/mol. The molecule has 1 N–H and O–H groups in total. The minimum Gasteiger partial charge on any atom is -0.467 e. The van der Waals surface area contributed by atoms with Crippen molar-refractivity contribution in [2.24, 2.45) is 0 Å². The molecule has 4 heterocycles. The highest BCUT2D eigenvalue weighted by Crippen LogP contribution is 2.30. The zero-order valence-electron chi connectivity index (χ0n) is 14.4. The van der Waals surface area contributed by atoms with Crippen molar-refractivity contribution in [1.29, 1.82) is 0 Å². The van der Waals surface area contributed by atoms with Crippen LogP contribution in [0.25, 0.3) is 5.78 Å². The fraction of sp³-hybridized carbons (Fsp3) is 0.500. The summed E-state index contributed by atoms with van der Waals surface area (Å²) in [5, 5.41) is 14.9. The Morgan fingerprint density at radius 1 is 1.36 bits per heavy atom. The molecule has 1 aliphatic rings. The largest absolute Gasteiger partial charge is 0.467 e. The normalized spacial score (nSPS) is 19.9. The number of hydrogen-bond donors (Lipinski definition) is 1. The van der Waals surface area contributed by atoms with Crippen LogP contribution in [0.3, 0.4) is 0 Å². The van der Waals surface area contributed by atoms with Crippen LogP contribution in [0, 0.1) is 6.92 Å². The molecule has 0 aromatic carbocycles. The molecule has 0 saturated carbocycles. The number of aryl methyl sites for hydroxylation is 1. The van der Waals surface area contributed by atoms with E-state index < -0.39 is 6.10 Å². The van der Waals surface area contributed by atoms with E-state index in [9.17, 15) is 5.11 Å². The first-order valence-electron chi connectivity index (χ1n) is 8.88. The van der Waals surface area contributed by atoms with E-state index in [2.05, 4.69) is 26.0 Å². The Hall–Kier alpha value is -2.41. The van der Waals surface area contributed by atoms with Gasteiger partial charge < -0.3 is 14.4 Å². The van der Waals surface area contributed by atoms with Crippen molar-refractivity contribution in [2.45, 2.75) is 51.2 Å². The van der Waals surface area contributed by atoms with Gasteiger partial charge in [0.05, 0.1) is 6.26 Å². The van der Waals surface area contributed by atoms with Gasteiger partial charge in [-0.25, -0.2) is 4.98 Å². The number of furan rings is 1. The second kappa shape index (κ2) is 6.84. The molecule has 1 aliphatic heterocycles. The first-order valence-corrected chi connectivity index (χ1v) is 8.88. The van der Waals surface area contributed by atoms with Crippen LogP contribution in [0.4, 0.5) is 5.82 Å². The van der Waals surface area contributed by atoms with Crippen molar-refractivity contribution in [2.75, 3.05) is 11.4 Å². The van der Waals surface area contributed by atoms with E-state index in [1.807, 2.05) is 19.1 Å². The Morgan fingerprint density at radius 3 is 3.12 bits per heavy atom. The predicted octanol–water partition coefficient (Wildman–Crippen LogP) is 2.90. The zero-order chi connectivity index (χ0) is 17.2. The lowest BCUT2D eigenvalue weighted by Crippen LogP contribution is -2.37. The van der Waals surface area contributed by atoms with Crippen LogP contribution in [-0.2, 0) is 0 Å². The number of aliphatic hydroxyl groups is 1. The van der Waals surface area contributed by atoms with Gasteiger partial charge >= 0.3 is 0 Å². The summed E-state index contributed by atoms with van der Waals surface area (Å²) in [7, 11) is 0. The number of anilines is 1. The molecule has 4 rings (SSSR count). The van der Waals surface area contributed by atoms with Gasteiger partial charge in [-0.05, 0) is 31.9 Å². The smallest absolute Gasteiger partial charge is 0.254 e. The number of hydrogen-bond acceptors (Lipinski definition) is 6. The summed E-state index contributed by atoms with van der Waals surface area (Å²) in [5.74, 6) is 2.24. The van der Waals surface area contributed by atoms with Crippen LogP contribution in [0.5, 0.6) is 0 Å². The minimum absolute atomic E-state index is 0.219. The highest BCUT2D eigenvalue weighted by atomic mass is 16.4. The minimum atomic E-state index is -0.602. The molecular weight excluding hydrogens is 318 g/mol. The molecule has 132 valence electrons. The van der Waals surface area contributed by atoms with Gasteiger partial charge in [0, 0.05) is 30.8 Å².